The summed E-state index contributed by atoms with van der Waals surface area (Å²) in [6, 6.07) is 0. The highest BCUT2D eigenvalue weighted by atomic mass is 35.6. The van der Waals surface area contributed by atoms with Crippen LogP contribution in [-0.4, -0.2) is 15.0 Å². The first-order valence-electron chi connectivity index (χ1n) is 2.36. The Hall–Kier alpha value is 0.570. The monoisotopic (exact) mass is 188 g/mol. The van der Waals surface area contributed by atoms with Crippen molar-refractivity contribution in [3.05, 3.63) is 12.2 Å². The maximum Gasteiger partial charge on any atom is 0.209 e. The first kappa shape index (κ1) is 9.57. The number of alkyl halides is 3. The van der Waals surface area contributed by atoms with E-state index < -0.39 is 9.90 Å². The van der Waals surface area contributed by atoms with Crippen LogP contribution < -0.4 is 0 Å². The Morgan fingerprint density at radius 2 is 1.89 bits per heavy atom. The zero-order valence-corrected chi connectivity index (χ0v) is 7.08. The number of hydrogen-bond acceptors (Lipinski definition) is 1. The van der Waals surface area contributed by atoms with Gasteiger partial charge in [-0.3, -0.25) is 0 Å². The lowest BCUT2D eigenvalue weighted by molar-refractivity contribution is 0.244. The summed E-state index contributed by atoms with van der Waals surface area (Å²) < 4.78 is -1.39. The summed E-state index contributed by atoms with van der Waals surface area (Å²) in [5.74, 6) is 0. The smallest absolute Gasteiger partial charge is 0.209 e. The Balaban J connectivity index is 3.71. The maximum atomic E-state index is 8.65. The molecule has 0 aromatic rings. The van der Waals surface area contributed by atoms with E-state index in [0.29, 0.717) is 0 Å². The van der Waals surface area contributed by atoms with E-state index in [2.05, 4.69) is 0 Å². The van der Waals surface area contributed by atoms with Crippen molar-refractivity contribution < 1.29 is 5.11 Å². The van der Waals surface area contributed by atoms with E-state index in [-0.39, 0.29) is 0 Å². The molecular weight excluding hydrogens is 182 g/mol. The highest BCUT2D eigenvalue weighted by Gasteiger charge is 2.13. The Morgan fingerprint density at radius 1 is 1.44 bits per heavy atom. The van der Waals surface area contributed by atoms with Gasteiger partial charge in [-0.2, -0.15) is 0 Å². The molecule has 0 radical (unpaired) electrons. The van der Waals surface area contributed by atoms with E-state index in [1.54, 1.807) is 6.92 Å². The van der Waals surface area contributed by atoms with Gasteiger partial charge in [0.1, 0.15) is 0 Å². The van der Waals surface area contributed by atoms with Gasteiger partial charge in [-0.05, 0) is 13.0 Å². The molecule has 0 fully saturated rings. The van der Waals surface area contributed by atoms with Crippen molar-refractivity contribution in [3.63, 3.8) is 0 Å². The van der Waals surface area contributed by atoms with Gasteiger partial charge in [0.05, 0.1) is 6.10 Å². The zero-order valence-electron chi connectivity index (χ0n) is 4.81. The molecule has 0 bridgehead atoms. The normalized spacial score (nSPS) is 16.6. The van der Waals surface area contributed by atoms with E-state index >= 15 is 0 Å². The first-order chi connectivity index (χ1) is 3.92. The van der Waals surface area contributed by atoms with Crippen LogP contribution in [0.25, 0.3) is 0 Å². The van der Waals surface area contributed by atoms with Gasteiger partial charge in [-0.25, -0.2) is 0 Å². The average molecular weight is 189 g/mol. The minimum absolute atomic E-state index is 0.569. The minimum atomic E-state index is -1.39. The second-order valence-corrected chi connectivity index (χ2v) is 4.01. The predicted octanol–water partition coefficient (Wildman–Crippen LogP) is 2.29. The lowest BCUT2D eigenvalue weighted by atomic mass is 10.4. The molecule has 0 saturated heterocycles. The molecule has 0 saturated carbocycles. The second kappa shape index (κ2) is 3.67. The summed E-state index contributed by atoms with van der Waals surface area (Å²) in [5.41, 5.74) is 0. The molecule has 54 valence electrons. The average Bonchev–Trinajstić information content (AvgIpc) is 1.59. The van der Waals surface area contributed by atoms with Crippen molar-refractivity contribution >= 4 is 34.8 Å². The molecule has 9 heavy (non-hydrogen) atoms. The molecule has 0 amide bonds. The van der Waals surface area contributed by atoms with Gasteiger partial charge in [0.2, 0.25) is 3.79 Å². The van der Waals surface area contributed by atoms with Gasteiger partial charge in [0, 0.05) is 0 Å². The van der Waals surface area contributed by atoms with Crippen LogP contribution in [0.2, 0.25) is 0 Å². The molecule has 0 rings (SSSR count). The SMILES string of the molecule is CC(O)/C=C/C(Cl)(Cl)Cl. The Bertz CT molecular complexity index is 103. The number of aliphatic hydroxyl groups is 1. The quantitative estimate of drug-likeness (QED) is 0.496. The number of hydrogen-bond donors (Lipinski definition) is 1. The van der Waals surface area contributed by atoms with Gasteiger partial charge in [0.25, 0.3) is 0 Å². The third kappa shape index (κ3) is 8.57. The summed E-state index contributed by atoms with van der Waals surface area (Å²) >= 11 is 15.9. The number of allylic oxidation sites excluding steroid dienone is 1. The standard InChI is InChI=1S/C5H7Cl3O/c1-4(9)2-3-5(6,7)8/h2-4,9H,1H3/b3-2+. The first-order valence-corrected chi connectivity index (χ1v) is 3.49. The minimum Gasteiger partial charge on any atom is -0.389 e. The van der Waals surface area contributed by atoms with Gasteiger partial charge in [0.15, 0.2) is 0 Å². The fraction of sp³-hybridized carbons (Fsp3) is 0.600. The van der Waals surface area contributed by atoms with Gasteiger partial charge in [-0.1, -0.05) is 40.9 Å². The van der Waals surface area contributed by atoms with E-state index in [0.717, 1.165) is 0 Å². The van der Waals surface area contributed by atoms with Crippen LogP contribution in [-0.2, 0) is 0 Å². The zero-order chi connectivity index (χ0) is 7.49. The summed E-state index contributed by atoms with van der Waals surface area (Å²) in [6.45, 7) is 1.58. The summed E-state index contributed by atoms with van der Waals surface area (Å²) in [6.07, 6.45) is 2.15. The van der Waals surface area contributed by atoms with Crippen LogP contribution in [0.4, 0.5) is 0 Å². The molecule has 0 spiro atoms. The molecule has 0 aliphatic carbocycles. The van der Waals surface area contributed by atoms with Crippen molar-refractivity contribution in [2.75, 3.05) is 0 Å². The van der Waals surface area contributed by atoms with E-state index in [1.807, 2.05) is 0 Å². The topological polar surface area (TPSA) is 20.2 Å². The van der Waals surface area contributed by atoms with Gasteiger partial charge < -0.3 is 5.11 Å². The highest BCUT2D eigenvalue weighted by molar-refractivity contribution is 6.68. The molecule has 1 nitrogen and oxygen atoms in total. The van der Waals surface area contributed by atoms with Gasteiger partial charge >= 0.3 is 0 Å². The van der Waals surface area contributed by atoms with Crippen molar-refractivity contribution in [2.45, 2.75) is 16.8 Å². The van der Waals surface area contributed by atoms with E-state index in [1.165, 1.54) is 12.2 Å². The fourth-order valence-electron chi connectivity index (χ4n) is 0.248. The van der Waals surface area contributed by atoms with Crippen LogP contribution in [0.15, 0.2) is 12.2 Å². The maximum absolute atomic E-state index is 8.65. The number of halogens is 3. The summed E-state index contributed by atoms with van der Waals surface area (Å²) in [5, 5.41) is 8.65. The number of aliphatic hydroxyl groups excluding tert-OH is 1. The van der Waals surface area contributed by atoms with Crippen LogP contribution in [0.5, 0.6) is 0 Å². The number of rotatable bonds is 1. The largest absolute Gasteiger partial charge is 0.389 e. The fourth-order valence-corrected chi connectivity index (χ4v) is 0.467. The second-order valence-electron chi connectivity index (χ2n) is 1.64. The lowest BCUT2D eigenvalue weighted by Crippen LogP contribution is -1.99. The van der Waals surface area contributed by atoms with Crippen LogP contribution >= 0.6 is 34.8 Å². The Kier molecular flexibility index (Phi) is 3.90. The molecule has 4 heteroatoms. The molecule has 0 aromatic carbocycles. The summed E-state index contributed by atoms with van der Waals surface area (Å²) in [4.78, 5) is 0. The van der Waals surface area contributed by atoms with Crippen LogP contribution in [0, 0.1) is 0 Å². The summed E-state index contributed by atoms with van der Waals surface area (Å²) in [7, 11) is 0. The van der Waals surface area contributed by atoms with Crippen molar-refractivity contribution in [1.29, 1.82) is 0 Å². The molecule has 1 unspecified atom stereocenters. The van der Waals surface area contributed by atoms with Gasteiger partial charge in [-0.15, -0.1) is 0 Å². The predicted molar refractivity (Wildman–Crippen MR) is 41.1 cm³/mol. The van der Waals surface area contributed by atoms with Crippen molar-refractivity contribution in [1.82, 2.24) is 0 Å². The third-order valence-corrected chi connectivity index (χ3v) is 0.942. The molecular formula is C5H7Cl3O. The molecule has 1 atom stereocenters. The van der Waals surface area contributed by atoms with Crippen LogP contribution in [0.1, 0.15) is 6.92 Å². The van der Waals surface area contributed by atoms with Crippen molar-refractivity contribution in [2.24, 2.45) is 0 Å². The van der Waals surface area contributed by atoms with E-state index in [9.17, 15) is 0 Å². The van der Waals surface area contributed by atoms with E-state index in [4.69, 9.17) is 39.9 Å². The molecule has 0 aliphatic heterocycles. The lowest BCUT2D eigenvalue weighted by Gasteiger charge is -2.02. The Labute approximate surface area is 69.2 Å². The van der Waals surface area contributed by atoms with Crippen molar-refractivity contribution in [3.8, 4) is 0 Å². The molecule has 0 heterocycles. The third-order valence-electron chi connectivity index (χ3n) is 0.564. The highest BCUT2D eigenvalue weighted by Crippen LogP contribution is 2.27. The molecule has 1 N–H and O–H groups in total. The molecule has 0 aliphatic rings. The Morgan fingerprint density at radius 3 is 2.00 bits per heavy atom. The van der Waals surface area contributed by atoms with Crippen LogP contribution in [0.3, 0.4) is 0 Å². The molecule has 0 aromatic heterocycles.